The molecule has 1 aromatic heterocycles. The highest BCUT2D eigenvalue weighted by Crippen LogP contribution is 2.17. The van der Waals surface area contributed by atoms with Crippen molar-refractivity contribution in [1.29, 1.82) is 0 Å². The summed E-state index contributed by atoms with van der Waals surface area (Å²) in [6, 6.07) is 0. The molecule has 0 aliphatic rings. The summed E-state index contributed by atoms with van der Waals surface area (Å²) in [6.07, 6.45) is 0. The zero-order chi connectivity index (χ0) is 8.59. The summed E-state index contributed by atoms with van der Waals surface area (Å²) in [5.41, 5.74) is -0.366. The molecule has 0 aliphatic carbocycles. The maximum atomic E-state index is 11.1. The van der Waals surface area contributed by atoms with E-state index in [1.165, 1.54) is 0 Å². The molecule has 0 aliphatic heterocycles. The van der Waals surface area contributed by atoms with Gasteiger partial charge in [0.1, 0.15) is 21.6 Å². The average Bonchev–Trinajstić information content (AvgIpc) is 1.97. The van der Waals surface area contributed by atoms with Crippen molar-refractivity contribution < 1.29 is 4.42 Å². The second kappa shape index (κ2) is 2.88. The smallest absolute Gasteiger partial charge is 0.222 e. The van der Waals surface area contributed by atoms with Crippen molar-refractivity contribution in [3.8, 4) is 0 Å². The van der Waals surface area contributed by atoms with E-state index in [9.17, 15) is 4.79 Å². The van der Waals surface area contributed by atoms with Crippen LogP contribution in [0.1, 0.15) is 11.5 Å². The minimum atomic E-state index is -0.366. The molecule has 1 aromatic rings. The first-order chi connectivity index (χ1) is 5.04. The molecule has 0 saturated heterocycles. The molecule has 4 heteroatoms. The van der Waals surface area contributed by atoms with Crippen LogP contribution < -0.4 is 5.43 Å². The van der Waals surface area contributed by atoms with Crippen molar-refractivity contribution >= 4 is 23.2 Å². The van der Waals surface area contributed by atoms with Crippen LogP contribution in [0.25, 0.3) is 0 Å². The molecule has 2 nitrogen and oxygen atoms in total. The van der Waals surface area contributed by atoms with E-state index >= 15 is 0 Å². The van der Waals surface area contributed by atoms with Crippen molar-refractivity contribution in [3.05, 3.63) is 31.8 Å². The average molecular weight is 193 g/mol. The second-order valence-corrected chi connectivity index (χ2v) is 2.93. The summed E-state index contributed by atoms with van der Waals surface area (Å²) >= 11 is 11.1. The van der Waals surface area contributed by atoms with Gasteiger partial charge in [-0.15, -0.1) is 0 Å². The Hall–Kier alpha value is -0.470. The summed E-state index contributed by atoms with van der Waals surface area (Å²) in [5, 5.41) is 0.112. The van der Waals surface area contributed by atoms with E-state index < -0.39 is 0 Å². The lowest BCUT2D eigenvalue weighted by Gasteiger charge is -1.99. The van der Waals surface area contributed by atoms with Crippen LogP contribution in [0.4, 0.5) is 0 Å². The summed E-state index contributed by atoms with van der Waals surface area (Å²) in [6.45, 7) is 3.24. The number of rotatable bonds is 0. The molecule has 60 valence electrons. The molecule has 0 fully saturated rings. The van der Waals surface area contributed by atoms with Crippen LogP contribution in [0.5, 0.6) is 0 Å². The van der Waals surface area contributed by atoms with Crippen molar-refractivity contribution in [1.82, 2.24) is 0 Å². The first-order valence-corrected chi connectivity index (χ1v) is 3.75. The third kappa shape index (κ3) is 1.42. The fourth-order valence-electron chi connectivity index (χ4n) is 0.735. The van der Waals surface area contributed by atoms with E-state index in [-0.39, 0.29) is 15.5 Å². The first-order valence-electron chi connectivity index (χ1n) is 2.99. The Kier molecular flexibility index (Phi) is 2.25. The molecule has 1 rings (SSSR count). The molecule has 0 bridgehead atoms. The maximum absolute atomic E-state index is 11.1. The van der Waals surface area contributed by atoms with Crippen molar-refractivity contribution in [2.75, 3.05) is 0 Å². The fourth-order valence-corrected chi connectivity index (χ4v) is 1.05. The summed E-state index contributed by atoms with van der Waals surface area (Å²) in [4.78, 5) is 11.1. The Morgan fingerprint density at radius 2 is 1.45 bits per heavy atom. The van der Waals surface area contributed by atoms with E-state index in [1.54, 1.807) is 13.8 Å². The minimum absolute atomic E-state index is 0.0561. The monoisotopic (exact) mass is 192 g/mol. The van der Waals surface area contributed by atoms with Crippen LogP contribution in [0.15, 0.2) is 9.21 Å². The molecule has 0 aromatic carbocycles. The molecule has 0 amide bonds. The van der Waals surface area contributed by atoms with Gasteiger partial charge in [-0.1, -0.05) is 23.2 Å². The number of hydrogen-bond donors (Lipinski definition) is 0. The minimum Gasteiger partial charge on any atom is -0.463 e. The number of aryl methyl sites for hydroxylation is 2. The van der Waals surface area contributed by atoms with Gasteiger partial charge in [0.25, 0.3) is 0 Å². The van der Waals surface area contributed by atoms with E-state index in [4.69, 9.17) is 27.6 Å². The van der Waals surface area contributed by atoms with Crippen LogP contribution in [0, 0.1) is 13.8 Å². The summed E-state index contributed by atoms with van der Waals surface area (Å²) in [5.74, 6) is 0.803. The molecule has 1 heterocycles. The Bertz CT molecular complexity index is 312. The van der Waals surface area contributed by atoms with Gasteiger partial charge in [0.2, 0.25) is 5.43 Å². The Labute approximate surface area is 73.7 Å². The molecule has 0 radical (unpaired) electrons. The van der Waals surface area contributed by atoms with Gasteiger partial charge < -0.3 is 4.42 Å². The SMILES string of the molecule is Cc1oc(C)c(Cl)c(=O)c1Cl. The van der Waals surface area contributed by atoms with Gasteiger partial charge in [0.15, 0.2) is 0 Å². The fraction of sp³-hybridized carbons (Fsp3) is 0.286. The van der Waals surface area contributed by atoms with E-state index in [0.29, 0.717) is 11.5 Å². The third-order valence-corrected chi connectivity index (χ3v) is 2.20. The summed E-state index contributed by atoms with van der Waals surface area (Å²) in [7, 11) is 0. The second-order valence-electron chi connectivity index (χ2n) is 2.17. The zero-order valence-electron chi connectivity index (χ0n) is 6.07. The molecule has 0 N–H and O–H groups in total. The normalized spacial score (nSPS) is 10.2. The zero-order valence-corrected chi connectivity index (χ0v) is 7.58. The predicted molar refractivity (Wildman–Crippen MR) is 44.5 cm³/mol. The van der Waals surface area contributed by atoms with Gasteiger partial charge in [-0.3, -0.25) is 4.79 Å². The van der Waals surface area contributed by atoms with E-state index in [2.05, 4.69) is 0 Å². The Morgan fingerprint density at radius 3 is 1.82 bits per heavy atom. The highest BCUT2D eigenvalue weighted by atomic mass is 35.5. The lowest BCUT2D eigenvalue weighted by molar-refractivity contribution is 0.485. The van der Waals surface area contributed by atoms with Gasteiger partial charge >= 0.3 is 0 Å². The quantitative estimate of drug-likeness (QED) is 0.633. The van der Waals surface area contributed by atoms with Gasteiger partial charge in [-0.25, -0.2) is 0 Å². The number of hydrogen-bond acceptors (Lipinski definition) is 2. The van der Waals surface area contributed by atoms with Crippen LogP contribution in [0.3, 0.4) is 0 Å². The Morgan fingerprint density at radius 1 is 1.09 bits per heavy atom. The van der Waals surface area contributed by atoms with Gasteiger partial charge in [0.05, 0.1) is 0 Å². The lowest BCUT2D eigenvalue weighted by Crippen LogP contribution is -2.05. The topological polar surface area (TPSA) is 30.2 Å². The molecule has 0 atom stereocenters. The lowest BCUT2D eigenvalue weighted by atomic mass is 10.3. The first kappa shape index (κ1) is 8.62. The van der Waals surface area contributed by atoms with Gasteiger partial charge in [-0.2, -0.15) is 0 Å². The van der Waals surface area contributed by atoms with Crippen LogP contribution in [-0.4, -0.2) is 0 Å². The highest BCUT2D eigenvalue weighted by Gasteiger charge is 2.09. The molecular weight excluding hydrogens is 187 g/mol. The molecule has 11 heavy (non-hydrogen) atoms. The van der Waals surface area contributed by atoms with Crippen LogP contribution >= 0.6 is 23.2 Å². The van der Waals surface area contributed by atoms with Gasteiger partial charge in [0, 0.05) is 0 Å². The highest BCUT2D eigenvalue weighted by molar-refractivity contribution is 6.34. The Balaban J connectivity index is 3.59. The standard InChI is InChI=1S/C7H6Cl2O2/c1-3-5(8)7(10)6(9)4(2)11-3/h1-2H3. The van der Waals surface area contributed by atoms with Gasteiger partial charge in [-0.05, 0) is 13.8 Å². The predicted octanol–water partition coefficient (Wildman–Crippen LogP) is 2.56. The van der Waals surface area contributed by atoms with Crippen LogP contribution in [0.2, 0.25) is 10.0 Å². The van der Waals surface area contributed by atoms with E-state index in [1.807, 2.05) is 0 Å². The molecular formula is C7H6Cl2O2. The van der Waals surface area contributed by atoms with Crippen molar-refractivity contribution in [2.24, 2.45) is 0 Å². The van der Waals surface area contributed by atoms with Crippen molar-refractivity contribution in [3.63, 3.8) is 0 Å². The third-order valence-electron chi connectivity index (χ3n) is 1.32. The summed E-state index contributed by atoms with van der Waals surface area (Å²) < 4.78 is 5.06. The largest absolute Gasteiger partial charge is 0.463 e. The molecule has 0 saturated carbocycles. The van der Waals surface area contributed by atoms with Crippen LogP contribution in [-0.2, 0) is 0 Å². The number of halogens is 2. The molecule has 0 unspecified atom stereocenters. The molecule has 0 spiro atoms. The van der Waals surface area contributed by atoms with Crippen molar-refractivity contribution in [2.45, 2.75) is 13.8 Å². The maximum Gasteiger partial charge on any atom is 0.222 e. The van der Waals surface area contributed by atoms with E-state index in [0.717, 1.165) is 0 Å².